The number of halogens is 2. The first-order valence-corrected chi connectivity index (χ1v) is 14.4. The van der Waals surface area contributed by atoms with E-state index in [1.807, 2.05) is 20.8 Å². The third-order valence-corrected chi connectivity index (χ3v) is 10.7. The van der Waals surface area contributed by atoms with Crippen molar-refractivity contribution in [2.45, 2.75) is 108 Å². The molecule has 0 heterocycles. The number of hydrogen-bond donors (Lipinski definition) is 2. The molecule has 9 heteroatoms. The summed E-state index contributed by atoms with van der Waals surface area (Å²) in [5, 5.41) is 3.11. The van der Waals surface area contributed by atoms with Crippen molar-refractivity contribution in [3.8, 4) is 0 Å². The van der Waals surface area contributed by atoms with Crippen LogP contribution in [0.5, 0.6) is 0 Å². The highest BCUT2D eigenvalue weighted by atomic mass is 35.5. The lowest BCUT2D eigenvalue weighted by Crippen LogP contribution is -2.51. The summed E-state index contributed by atoms with van der Waals surface area (Å²) < 4.78 is 11.2. The number of methoxy groups -OCH3 is 1. The highest BCUT2D eigenvalue weighted by Gasteiger charge is 2.57. The van der Waals surface area contributed by atoms with Gasteiger partial charge in [-0.25, -0.2) is 4.79 Å². The number of primary amides is 1. The lowest BCUT2D eigenvalue weighted by atomic mass is 9.65. The monoisotopic (exact) mass is 546 g/mol. The summed E-state index contributed by atoms with van der Waals surface area (Å²) in [6.07, 6.45) is 8.52. The summed E-state index contributed by atoms with van der Waals surface area (Å²) in [5.74, 6) is -0.960. The van der Waals surface area contributed by atoms with E-state index in [1.54, 1.807) is 0 Å². The molecular formula is C27H44Cl2N2O5. The number of carbonyl (C=O) groups excluding carboxylic acids is 3. The topological polar surface area (TPSA) is 108 Å². The Bertz CT molecular complexity index is 791. The van der Waals surface area contributed by atoms with Crippen LogP contribution in [0, 0.1) is 28.6 Å². The molecule has 36 heavy (non-hydrogen) atoms. The van der Waals surface area contributed by atoms with Gasteiger partial charge in [0.2, 0.25) is 11.8 Å². The van der Waals surface area contributed by atoms with Gasteiger partial charge >= 0.3 is 5.97 Å². The molecule has 3 aliphatic rings. The number of rotatable bonds is 9. The number of nitrogens with two attached hydrogens (primary N) is 1. The predicted molar refractivity (Wildman–Crippen MR) is 141 cm³/mol. The normalized spacial score (nSPS) is 37.2. The highest BCUT2D eigenvalue weighted by Crippen LogP contribution is 2.55. The van der Waals surface area contributed by atoms with Crippen molar-refractivity contribution in [2.75, 3.05) is 13.7 Å². The van der Waals surface area contributed by atoms with Crippen molar-refractivity contribution in [3.05, 3.63) is 0 Å². The van der Waals surface area contributed by atoms with Crippen LogP contribution >= 0.6 is 23.2 Å². The second kappa shape index (κ2) is 12.2. The van der Waals surface area contributed by atoms with Gasteiger partial charge in [-0.05, 0) is 69.1 Å². The first-order valence-electron chi connectivity index (χ1n) is 13.5. The standard InChI is InChI=1S/C27H44Cl2N2O5/c1-26(2)19(12-13-27(26,3)25(30)34)23(32)31-22(24(33)35-4)14-16-8-10-17(11-9-16)36-15-18-20(28)6-5-7-21(18)29/h16-22H,5-15H2,1-4H3,(H2,30,34)(H,31,32)/t16?,17?,18?,19-,20?,21?,22+,27+/m1/s1. The van der Waals surface area contributed by atoms with E-state index in [2.05, 4.69) is 5.32 Å². The molecule has 0 saturated heterocycles. The number of alkyl halides is 2. The lowest BCUT2D eigenvalue weighted by molar-refractivity contribution is -0.147. The molecule has 0 aromatic carbocycles. The van der Waals surface area contributed by atoms with Gasteiger partial charge in [0.05, 0.1) is 25.2 Å². The average Bonchev–Trinajstić information content (AvgIpc) is 3.08. The lowest BCUT2D eigenvalue weighted by Gasteiger charge is -2.39. The minimum Gasteiger partial charge on any atom is -0.467 e. The summed E-state index contributed by atoms with van der Waals surface area (Å²) in [6, 6.07) is -0.711. The van der Waals surface area contributed by atoms with Gasteiger partial charge < -0.3 is 20.5 Å². The summed E-state index contributed by atoms with van der Waals surface area (Å²) >= 11 is 13.0. The Morgan fingerprint density at radius 2 is 1.61 bits per heavy atom. The van der Waals surface area contributed by atoms with Crippen molar-refractivity contribution in [2.24, 2.45) is 34.3 Å². The van der Waals surface area contributed by atoms with E-state index >= 15 is 0 Å². The Labute approximate surface area is 225 Å². The van der Waals surface area contributed by atoms with Crippen LogP contribution in [0.1, 0.15) is 85.0 Å². The van der Waals surface area contributed by atoms with Crippen LogP contribution in [0.25, 0.3) is 0 Å². The maximum atomic E-state index is 13.3. The van der Waals surface area contributed by atoms with Gasteiger partial charge in [-0.15, -0.1) is 23.2 Å². The number of ether oxygens (including phenoxy) is 2. The van der Waals surface area contributed by atoms with Gasteiger partial charge in [0.1, 0.15) is 6.04 Å². The van der Waals surface area contributed by atoms with Crippen molar-refractivity contribution in [1.82, 2.24) is 5.32 Å². The zero-order chi connectivity index (χ0) is 26.7. The minimum absolute atomic E-state index is 0.0766. The van der Waals surface area contributed by atoms with Crippen LogP contribution in [0.4, 0.5) is 0 Å². The van der Waals surface area contributed by atoms with E-state index in [0.29, 0.717) is 25.9 Å². The Morgan fingerprint density at radius 3 is 2.14 bits per heavy atom. The van der Waals surface area contributed by atoms with E-state index in [-0.39, 0.29) is 34.6 Å². The second-order valence-electron chi connectivity index (χ2n) is 11.9. The van der Waals surface area contributed by atoms with E-state index in [4.69, 9.17) is 38.4 Å². The smallest absolute Gasteiger partial charge is 0.328 e. The molecule has 0 bridgehead atoms. The quantitative estimate of drug-likeness (QED) is 0.325. The zero-order valence-electron chi connectivity index (χ0n) is 22.2. The number of hydrogen-bond acceptors (Lipinski definition) is 5. The molecule has 3 N–H and O–H groups in total. The first kappa shape index (κ1) is 29.5. The molecular weight excluding hydrogens is 503 g/mol. The Hall–Kier alpha value is -1.05. The maximum absolute atomic E-state index is 13.3. The zero-order valence-corrected chi connectivity index (χ0v) is 23.7. The van der Waals surface area contributed by atoms with Gasteiger partial charge in [-0.2, -0.15) is 0 Å². The third-order valence-electron chi connectivity index (χ3n) is 9.66. The van der Waals surface area contributed by atoms with Crippen LogP contribution in [0.2, 0.25) is 0 Å². The van der Waals surface area contributed by atoms with Crippen LogP contribution in [-0.2, 0) is 23.9 Å². The van der Waals surface area contributed by atoms with Crippen LogP contribution in [0.3, 0.4) is 0 Å². The molecule has 2 amide bonds. The minimum atomic E-state index is -0.765. The highest BCUT2D eigenvalue weighted by molar-refractivity contribution is 6.24. The summed E-state index contributed by atoms with van der Waals surface area (Å²) in [4.78, 5) is 38.0. The van der Waals surface area contributed by atoms with Crippen LogP contribution < -0.4 is 11.1 Å². The fraction of sp³-hybridized carbons (Fsp3) is 0.889. The van der Waals surface area contributed by atoms with Crippen molar-refractivity contribution >= 4 is 41.0 Å². The Balaban J connectivity index is 1.52. The molecule has 0 aromatic heterocycles. The molecule has 0 aromatic rings. The van der Waals surface area contributed by atoms with E-state index in [9.17, 15) is 14.4 Å². The molecule has 3 fully saturated rings. The van der Waals surface area contributed by atoms with E-state index in [1.165, 1.54) is 7.11 Å². The van der Waals surface area contributed by atoms with Crippen molar-refractivity contribution in [3.63, 3.8) is 0 Å². The molecule has 0 spiro atoms. The van der Waals surface area contributed by atoms with Crippen molar-refractivity contribution in [1.29, 1.82) is 0 Å². The molecule has 3 rings (SSSR count). The van der Waals surface area contributed by atoms with E-state index in [0.717, 1.165) is 44.9 Å². The van der Waals surface area contributed by atoms with Gasteiger partial charge in [0, 0.05) is 22.6 Å². The molecule has 0 radical (unpaired) electrons. The summed E-state index contributed by atoms with van der Waals surface area (Å²) in [5.41, 5.74) is 4.31. The third kappa shape index (κ3) is 6.32. The SMILES string of the molecule is COC(=O)[C@H](CC1CCC(OCC2C(Cl)CCCC2Cl)CC1)NC(=O)[C@H]1CC[C@@](C)(C(N)=O)C1(C)C. The molecule has 2 unspecified atom stereocenters. The molecule has 3 saturated carbocycles. The van der Waals surface area contributed by atoms with E-state index < -0.39 is 34.7 Å². The maximum Gasteiger partial charge on any atom is 0.328 e. The van der Waals surface area contributed by atoms with Crippen molar-refractivity contribution < 1.29 is 23.9 Å². The number of nitrogens with one attached hydrogen (secondary N) is 1. The number of amides is 2. The molecule has 0 aliphatic heterocycles. The Morgan fingerprint density at radius 1 is 1.00 bits per heavy atom. The van der Waals surface area contributed by atoms with Gasteiger partial charge in [0.15, 0.2) is 0 Å². The van der Waals surface area contributed by atoms with Crippen LogP contribution in [-0.4, -0.2) is 54.4 Å². The first-order chi connectivity index (χ1) is 16.9. The van der Waals surface area contributed by atoms with Crippen LogP contribution in [0.15, 0.2) is 0 Å². The number of carbonyl (C=O) groups is 3. The van der Waals surface area contributed by atoms with Gasteiger partial charge in [0.25, 0.3) is 0 Å². The molecule has 7 nitrogen and oxygen atoms in total. The Kier molecular flexibility index (Phi) is 10.0. The van der Waals surface area contributed by atoms with Gasteiger partial charge in [-0.1, -0.05) is 27.2 Å². The van der Waals surface area contributed by atoms with Gasteiger partial charge in [-0.3, -0.25) is 9.59 Å². The fourth-order valence-corrected chi connectivity index (χ4v) is 7.39. The predicted octanol–water partition coefficient (Wildman–Crippen LogP) is 4.55. The summed E-state index contributed by atoms with van der Waals surface area (Å²) in [7, 11) is 1.34. The largest absolute Gasteiger partial charge is 0.467 e. The number of esters is 1. The average molecular weight is 548 g/mol. The molecule has 206 valence electrons. The summed E-state index contributed by atoms with van der Waals surface area (Å²) in [6.45, 7) is 6.25. The molecule has 3 aliphatic carbocycles. The fourth-order valence-electron chi connectivity index (χ4n) is 6.51. The second-order valence-corrected chi connectivity index (χ2v) is 13.1. The molecule has 5 atom stereocenters.